The summed E-state index contributed by atoms with van der Waals surface area (Å²) in [5.74, 6) is 1.68. The summed E-state index contributed by atoms with van der Waals surface area (Å²) in [5, 5.41) is 9.69. The van der Waals surface area contributed by atoms with Gasteiger partial charge in [0, 0.05) is 19.0 Å². The molecule has 1 unspecified atom stereocenters. The van der Waals surface area contributed by atoms with E-state index in [1.165, 1.54) is 16.5 Å². The molecule has 4 aromatic rings. The van der Waals surface area contributed by atoms with Crippen LogP contribution in [0.5, 0.6) is 5.75 Å². The van der Waals surface area contributed by atoms with Gasteiger partial charge in [0.2, 0.25) is 5.91 Å². The zero-order chi connectivity index (χ0) is 21.9. The number of nitrogens with zero attached hydrogens (tertiary/aromatic N) is 4. The average molecular weight is 467 g/mol. The van der Waals surface area contributed by atoms with Gasteiger partial charge in [-0.15, -0.1) is 21.5 Å². The highest BCUT2D eigenvalue weighted by Crippen LogP contribution is 2.34. The number of thioether (sulfide) groups is 1. The van der Waals surface area contributed by atoms with Gasteiger partial charge in [0.15, 0.2) is 0 Å². The lowest BCUT2D eigenvalue weighted by Crippen LogP contribution is -2.40. The summed E-state index contributed by atoms with van der Waals surface area (Å²) in [5.41, 5.74) is 1.77. The van der Waals surface area contributed by atoms with Crippen LogP contribution in [0.25, 0.3) is 21.7 Å². The Hall–Kier alpha value is -2.91. The summed E-state index contributed by atoms with van der Waals surface area (Å²) in [6.45, 7) is 1.48. The Morgan fingerprint density at radius 2 is 2.06 bits per heavy atom. The number of ether oxygens (including phenoxy) is 1. The fraction of sp³-hybridized carbons (Fsp3) is 0.304. The Bertz CT molecular complexity index is 1210. The standard InChI is InChI=1S/C23H22N4O3S2/c1-29-18-10-4-2-8-16(18)21-25-26-23(30-21)31-14-20(28)27-12-6-7-15(13-27)22-24-17-9-3-5-11-19(17)32-22/h2-5,8-11,15H,6-7,12-14H2,1H3. The molecular formula is C23H22N4O3S2. The molecule has 0 aliphatic carbocycles. The van der Waals surface area contributed by atoms with Crippen LogP contribution in [0.15, 0.2) is 58.2 Å². The van der Waals surface area contributed by atoms with Gasteiger partial charge in [-0.3, -0.25) is 4.79 Å². The zero-order valence-electron chi connectivity index (χ0n) is 17.6. The zero-order valence-corrected chi connectivity index (χ0v) is 19.2. The first-order valence-corrected chi connectivity index (χ1v) is 12.2. The average Bonchev–Trinajstić information content (AvgIpc) is 3.50. The molecule has 7 nitrogen and oxygen atoms in total. The van der Waals surface area contributed by atoms with E-state index >= 15 is 0 Å². The van der Waals surface area contributed by atoms with Crippen LogP contribution in [-0.4, -0.2) is 51.9 Å². The van der Waals surface area contributed by atoms with Crippen LogP contribution in [0.2, 0.25) is 0 Å². The second-order valence-corrected chi connectivity index (χ2v) is 9.55. The van der Waals surface area contributed by atoms with E-state index in [9.17, 15) is 4.79 Å². The molecule has 2 aromatic carbocycles. The van der Waals surface area contributed by atoms with Crippen molar-refractivity contribution in [2.75, 3.05) is 26.0 Å². The van der Waals surface area contributed by atoms with Crippen LogP contribution in [0.4, 0.5) is 0 Å². The number of hydrogen-bond donors (Lipinski definition) is 0. The lowest BCUT2D eigenvalue weighted by Gasteiger charge is -2.31. The monoisotopic (exact) mass is 466 g/mol. The van der Waals surface area contributed by atoms with Gasteiger partial charge in [0.05, 0.1) is 33.7 Å². The Balaban J connectivity index is 1.21. The maximum atomic E-state index is 12.9. The van der Waals surface area contributed by atoms with Crippen molar-refractivity contribution in [1.82, 2.24) is 20.1 Å². The summed E-state index contributed by atoms with van der Waals surface area (Å²) in [6.07, 6.45) is 2.04. The van der Waals surface area contributed by atoms with Crippen LogP contribution >= 0.6 is 23.1 Å². The van der Waals surface area contributed by atoms with E-state index in [-0.39, 0.29) is 17.6 Å². The molecule has 1 saturated heterocycles. The SMILES string of the molecule is COc1ccccc1-c1nnc(SCC(=O)N2CCCC(c3nc4ccccc4s3)C2)o1. The van der Waals surface area contributed by atoms with Gasteiger partial charge in [0.1, 0.15) is 5.75 Å². The highest BCUT2D eigenvalue weighted by molar-refractivity contribution is 7.99. The van der Waals surface area contributed by atoms with Gasteiger partial charge in [-0.2, -0.15) is 0 Å². The number of methoxy groups -OCH3 is 1. The molecule has 32 heavy (non-hydrogen) atoms. The fourth-order valence-corrected chi connectivity index (χ4v) is 5.64. The number of para-hydroxylation sites is 2. The molecule has 9 heteroatoms. The number of carbonyl (C=O) groups is 1. The molecule has 1 atom stereocenters. The summed E-state index contributed by atoms with van der Waals surface area (Å²) < 4.78 is 12.3. The normalized spacial score (nSPS) is 16.4. The van der Waals surface area contributed by atoms with Crippen molar-refractivity contribution in [2.24, 2.45) is 0 Å². The van der Waals surface area contributed by atoms with E-state index in [2.05, 4.69) is 16.3 Å². The second kappa shape index (κ2) is 9.30. The van der Waals surface area contributed by atoms with E-state index in [0.717, 1.165) is 35.5 Å². The first kappa shape index (κ1) is 21.0. The highest BCUT2D eigenvalue weighted by Gasteiger charge is 2.27. The smallest absolute Gasteiger partial charge is 0.277 e. The Kier molecular flexibility index (Phi) is 6.09. The van der Waals surface area contributed by atoms with Crippen molar-refractivity contribution in [1.29, 1.82) is 0 Å². The molecule has 5 rings (SSSR count). The third kappa shape index (κ3) is 4.35. The predicted molar refractivity (Wildman–Crippen MR) is 125 cm³/mol. The summed E-state index contributed by atoms with van der Waals surface area (Å²) in [7, 11) is 1.60. The van der Waals surface area contributed by atoms with Crippen LogP contribution < -0.4 is 4.74 Å². The lowest BCUT2D eigenvalue weighted by atomic mass is 9.99. The van der Waals surface area contributed by atoms with E-state index in [1.54, 1.807) is 18.4 Å². The third-order valence-corrected chi connectivity index (χ3v) is 7.50. The van der Waals surface area contributed by atoms with Gasteiger partial charge in [-0.05, 0) is 37.1 Å². The third-order valence-electron chi connectivity index (χ3n) is 5.50. The second-order valence-electron chi connectivity index (χ2n) is 7.56. The number of amides is 1. The van der Waals surface area contributed by atoms with Gasteiger partial charge < -0.3 is 14.1 Å². The lowest BCUT2D eigenvalue weighted by molar-refractivity contribution is -0.129. The molecule has 2 aromatic heterocycles. The van der Waals surface area contributed by atoms with Crippen molar-refractivity contribution < 1.29 is 13.9 Å². The van der Waals surface area contributed by atoms with Gasteiger partial charge in [0.25, 0.3) is 11.1 Å². The summed E-state index contributed by atoms with van der Waals surface area (Å²) in [6, 6.07) is 15.7. The number of piperidine rings is 1. The maximum Gasteiger partial charge on any atom is 0.277 e. The number of benzene rings is 2. The number of fused-ring (bicyclic) bond motifs is 1. The molecule has 0 bridgehead atoms. The molecular weight excluding hydrogens is 444 g/mol. The largest absolute Gasteiger partial charge is 0.496 e. The molecule has 0 N–H and O–H groups in total. The number of likely N-dealkylation sites (tertiary alicyclic amines) is 1. The molecule has 0 spiro atoms. The van der Waals surface area contributed by atoms with Crippen LogP contribution in [0.1, 0.15) is 23.8 Å². The molecule has 1 aliphatic rings. The number of hydrogen-bond acceptors (Lipinski definition) is 8. The van der Waals surface area contributed by atoms with E-state index in [0.29, 0.717) is 23.4 Å². The van der Waals surface area contributed by atoms with Crippen molar-refractivity contribution in [3.63, 3.8) is 0 Å². The van der Waals surface area contributed by atoms with E-state index in [1.807, 2.05) is 47.4 Å². The Labute approximate surface area is 193 Å². The summed E-state index contributed by atoms with van der Waals surface area (Å²) >= 11 is 3.00. The topological polar surface area (TPSA) is 81.4 Å². The molecule has 1 fully saturated rings. The Morgan fingerprint density at radius 3 is 2.94 bits per heavy atom. The minimum Gasteiger partial charge on any atom is -0.496 e. The molecule has 164 valence electrons. The minimum absolute atomic E-state index is 0.0813. The quantitative estimate of drug-likeness (QED) is 0.376. The van der Waals surface area contributed by atoms with Crippen molar-refractivity contribution in [3.8, 4) is 17.2 Å². The molecule has 1 amide bonds. The van der Waals surface area contributed by atoms with Crippen LogP contribution in [0.3, 0.4) is 0 Å². The minimum atomic E-state index is 0.0813. The maximum absolute atomic E-state index is 12.9. The van der Waals surface area contributed by atoms with E-state index in [4.69, 9.17) is 14.1 Å². The summed E-state index contributed by atoms with van der Waals surface area (Å²) in [4.78, 5) is 19.6. The van der Waals surface area contributed by atoms with Crippen molar-refractivity contribution in [3.05, 3.63) is 53.5 Å². The first-order valence-electron chi connectivity index (χ1n) is 10.4. The van der Waals surface area contributed by atoms with Crippen molar-refractivity contribution >= 4 is 39.2 Å². The van der Waals surface area contributed by atoms with Crippen LogP contribution in [-0.2, 0) is 4.79 Å². The number of thiazole rings is 1. The number of carbonyl (C=O) groups excluding carboxylic acids is 1. The highest BCUT2D eigenvalue weighted by atomic mass is 32.2. The molecule has 0 radical (unpaired) electrons. The molecule has 0 saturated carbocycles. The molecule has 3 heterocycles. The Morgan fingerprint density at radius 1 is 1.22 bits per heavy atom. The first-order chi connectivity index (χ1) is 15.7. The van der Waals surface area contributed by atoms with Crippen LogP contribution in [0, 0.1) is 0 Å². The number of aromatic nitrogens is 3. The molecule has 1 aliphatic heterocycles. The van der Waals surface area contributed by atoms with Gasteiger partial charge >= 0.3 is 0 Å². The van der Waals surface area contributed by atoms with E-state index < -0.39 is 0 Å². The van der Waals surface area contributed by atoms with Gasteiger partial charge in [-0.1, -0.05) is 36.0 Å². The van der Waals surface area contributed by atoms with Crippen molar-refractivity contribution in [2.45, 2.75) is 24.0 Å². The van der Waals surface area contributed by atoms with Gasteiger partial charge in [-0.25, -0.2) is 4.98 Å². The fourth-order valence-electron chi connectivity index (χ4n) is 3.88. The number of rotatable bonds is 6. The predicted octanol–water partition coefficient (Wildman–Crippen LogP) is 4.85.